The first-order valence-corrected chi connectivity index (χ1v) is 10.3. The molecule has 0 fully saturated rings. The van der Waals surface area contributed by atoms with E-state index in [1.54, 1.807) is 24.7 Å². The molecule has 3 aromatic rings. The van der Waals surface area contributed by atoms with Crippen LogP contribution in [0.1, 0.15) is 5.56 Å². The Balaban J connectivity index is 1.74. The van der Waals surface area contributed by atoms with Gasteiger partial charge in [0.1, 0.15) is 0 Å². The van der Waals surface area contributed by atoms with Gasteiger partial charge in [-0.2, -0.15) is 5.10 Å². The van der Waals surface area contributed by atoms with Gasteiger partial charge in [0.15, 0.2) is 11.5 Å². The Morgan fingerprint density at radius 3 is 2.93 bits per heavy atom. The van der Waals surface area contributed by atoms with E-state index in [-0.39, 0.29) is 6.79 Å². The maximum absolute atomic E-state index is 5.45. The van der Waals surface area contributed by atoms with E-state index in [9.17, 15) is 0 Å². The zero-order chi connectivity index (χ0) is 19.3. The highest BCUT2D eigenvalue weighted by Crippen LogP contribution is 2.32. The molecule has 4 rings (SSSR count). The van der Waals surface area contributed by atoms with Crippen molar-refractivity contribution < 1.29 is 14.2 Å². The normalized spacial score (nSPS) is 13.6. The SMILES string of the molecule is COCCN=c1scc(-c2ccccc2Br)n1/N=C\c1ccc2c(c1)OCO2. The summed E-state index contributed by atoms with van der Waals surface area (Å²) in [6.07, 6.45) is 1.80. The van der Waals surface area contributed by atoms with Gasteiger partial charge in [-0.1, -0.05) is 34.1 Å². The number of nitrogens with zero attached hydrogens (tertiary/aromatic N) is 3. The molecule has 6 nitrogen and oxygen atoms in total. The zero-order valence-electron chi connectivity index (χ0n) is 15.2. The van der Waals surface area contributed by atoms with Gasteiger partial charge in [0.05, 0.1) is 25.1 Å². The number of thiazole rings is 1. The quantitative estimate of drug-likeness (QED) is 0.411. The molecule has 0 atom stereocenters. The van der Waals surface area contributed by atoms with Crippen molar-refractivity contribution >= 4 is 33.5 Å². The van der Waals surface area contributed by atoms with Crippen LogP contribution in [0.2, 0.25) is 0 Å². The van der Waals surface area contributed by atoms with Crippen LogP contribution in [0.15, 0.2) is 62.4 Å². The van der Waals surface area contributed by atoms with Gasteiger partial charge in [-0.05, 0) is 29.8 Å². The van der Waals surface area contributed by atoms with Crippen molar-refractivity contribution in [2.75, 3.05) is 27.1 Å². The molecule has 1 aliphatic heterocycles. The van der Waals surface area contributed by atoms with Crippen LogP contribution >= 0.6 is 27.3 Å². The highest BCUT2D eigenvalue weighted by atomic mass is 79.9. The van der Waals surface area contributed by atoms with Gasteiger partial charge >= 0.3 is 0 Å². The summed E-state index contributed by atoms with van der Waals surface area (Å²) in [6, 6.07) is 13.8. The van der Waals surface area contributed by atoms with E-state index >= 15 is 0 Å². The highest BCUT2D eigenvalue weighted by molar-refractivity contribution is 9.10. The molecule has 8 heteroatoms. The molecule has 0 saturated carbocycles. The van der Waals surface area contributed by atoms with E-state index < -0.39 is 0 Å². The number of methoxy groups -OCH3 is 1. The second-order valence-electron chi connectivity index (χ2n) is 5.93. The number of rotatable bonds is 6. The predicted octanol–water partition coefficient (Wildman–Crippen LogP) is 4.14. The lowest BCUT2D eigenvalue weighted by atomic mass is 10.2. The third-order valence-corrected chi connectivity index (χ3v) is 5.64. The predicted molar refractivity (Wildman–Crippen MR) is 113 cm³/mol. The molecule has 0 amide bonds. The number of benzene rings is 2. The Kier molecular flexibility index (Phi) is 5.90. The summed E-state index contributed by atoms with van der Waals surface area (Å²) in [5, 5.41) is 6.77. The van der Waals surface area contributed by atoms with Gasteiger partial charge in [-0.25, -0.2) is 4.68 Å². The van der Waals surface area contributed by atoms with E-state index in [4.69, 9.17) is 19.3 Å². The van der Waals surface area contributed by atoms with E-state index in [0.29, 0.717) is 13.2 Å². The van der Waals surface area contributed by atoms with Gasteiger partial charge < -0.3 is 14.2 Å². The molecule has 0 N–H and O–H groups in total. The highest BCUT2D eigenvalue weighted by Gasteiger charge is 2.13. The van der Waals surface area contributed by atoms with Crippen LogP contribution in [0.4, 0.5) is 0 Å². The lowest BCUT2D eigenvalue weighted by Crippen LogP contribution is -2.13. The maximum Gasteiger partial charge on any atom is 0.231 e. The minimum Gasteiger partial charge on any atom is -0.454 e. The van der Waals surface area contributed by atoms with Crippen molar-refractivity contribution in [3.05, 3.63) is 62.7 Å². The molecule has 0 aliphatic carbocycles. The standard InChI is InChI=1S/C20H18BrN3O3S/c1-25-9-8-22-20-24(17(12-28-20)15-4-2-3-5-16(15)21)23-11-14-6-7-18-19(10-14)27-13-26-18/h2-7,10-12H,8-9,13H2,1H3/b22-20?,23-11-. The van der Waals surface area contributed by atoms with Gasteiger partial charge in [0.2, 0.25) is 11.6 Å². The monoisotopic (exact) mass is 459 g/mol. The zero-order valence-corrected chi connectivity index (χ0v) is 17.6. The molecule has 0 spiro atoms. The summed E-state index contributed by atoms with van der Waals surface area (Å²) >= 11 is 5.18. The number of ether oxygens (including phenoxy) is 3. The Morgan fingerprint density at radius 1 is 1.21 bits per heavy atom. The molecule has 0 bridgehead atoms. The van der Waals surface area contributed by atoms with Crippen LogP contribution in [0, 0.1) is 0 Å². The Bertz CT molecular complexity index is 1070. The molecule has 1 aromatic heterocycles. The van der Waals surface area contributed by atoms with Crippen molar-refractivity contribution in [1.29, 1.82) is 0 Å². The van der Waals surface area contributed by atoms with Crippen molar-refractivity contribution in [2.45, 2.75) is 0 Å². The number of aromatic nitrogens is 1. The van der Waals surface area contributed by atoms with Crippen molar-refractivity contribution in [2.24, 2.45) is 10.1 Å². The minimum atomic E-state index is 0.254. The van der Waals surface area contributed by atoms with Gasteiger partial charge in [0, 0.05) is 22.5 Å². The van der Waals surface area contributed by atoms with Crippen LogP contribution < -0.4 is 14.3 Å². The molecular formula is C20H18BrN3O3S. The fourth-order valence-corrected chi connectivity index (χ4v) is 4.07. The van der Waals surface area contributed by atoms with Crippen molar-refractivity contribution in [3.63, 3.8) is 0 Å². The topological polar surface area (TPSA) is 57.3 Å². The van der Waals surface area contributed by atoms with Gasteiger partial charge in [-0.15, -0.1) is 11.3 Å². The fourth-order valence-electron chi connectivity index (χ4n) is 2.72. The van der Waals surface area contributed by atoms with E-state index in [1.807, 2.05) is 41.1 Å². The summed E-state index contributed by atoms with van der Waals surface area (Å²) < 4.78 is 18.8. The van der Waals surface area contributed by atoms with Crippen LogP contribution in [0.5, 0.6) is 11.5 Å². The molecule has 0 saturated heterocycles. The molecule has 2 heterocycles. The Labute approximate surface area is 174 Å². The molecule has 0 unspecified atom stereocenters. The first kappa shape index (κ1) is 18.9. The Morgan fingerprint density at radius 2 is 2.07 bits per heavy atom. The molecule has 2 aromatic carbocycles. The Hall–Kier alpha value is -2.42. The number of fused-ring (bicyclic) bond motifs is 1. The lowest BCUT2D eigenvalue weighted by Gasteiger charge is -2.06. The summed E-state index contributed by atoms with van der Waals surface area (Å²) in [4.78, 5) is 5.43. The largest absolute Gasteiger partial charge is 0.454 e. The maximum atomic E-state index is 5.45. The fraction of sp³-hybridized carbons (Fsp3) is 0.200. The third-order valence-electron chi connectivity index (χ3n) is 4.10. The smallest absolute Gasteiger partial charge is 0.231 e. The number of halogens is 1. The average Bonchev–Trinajstić information content (AvgIpc) is 3.33. The van der Waals surface area contributed by atoms with Crippen LogP contribution in [0.25, 0.3) is 11.3 Å². The molecule has 0 radical (unpaired) electrons. The van der Waals surface area contributed by atoms with Crippen molar-refractivity contribution in [1.82, 2.24) is 4.68 Å². The van der Waals surface area contributed by atoms with Crippen LogP contribution in [-0.2, 0) is 4.74 Å². The van der Waals surface area contributed by atoms with E-state index in [2.05, 4.69) is 32.4 Å². The first-order valence-electron chi connectivity index (χ1n) is 8.65. The van der Waals surface area contributed by atoms with Crippen molar-refractivity contribution in [3.8, 4) is 22.8 Å². The second kappa shape index (κ2) is 8.72. The van der Waals surface area contributed by atoms with E-state index in [1.165, 1.54) is 0 Å². The van der Waals surface area contributed by atoms with E-state index in [0.717, 1.165) is 37.6 Å². The van der Waals surface area contributed by atoms with Gasteiger partial charge in [-0.3, -0.25) is 4.99 Å². The van der Waals surface area contributed by atoms with Crippen LogP contribution in [-0.4, -0.2) is 37.9 Å². The average molecular weight is 460 g/mol. The minimum absolute atomic E-state index is 0.254. The summed E-state index contributed by atoms with van der Waals surface area (Å²) in [5.41, 5.74) is 2.93. The van der Waals surface area contributed by atoms with Gasteiger partial charge in [0.25, 0.3) is 0 Å². The lowest BCUT2D eigenvalue weighted by molar-refractivity contribution is 0.174. The second-order valence-corrected chi connectivity index (χ2v) is 7.62. The first-order chi connectivity index (χ1) is 13.8. The molecular weight excluding hydrogens is 442 g/mol. The van der Waals surface area contributed by atoms with Crippen LogP contribution in [0.3, 0.4) is 0 Å². The molecule has 28 heavy (non-hydrogen) atoms. The third kappa shape index (κ3) is 4.04. The molecule has 144 valence electrons. The summed E-state index contributed by atoms with van der Waals surface area (Å²) in [7, 11) is 1.67. The molecule has 1 aliphatic rings. The number of hydrogen-bond donors (Lipinski definition) is 0. The summed E-state index contributed by atoms with van der Waals surface area (Å²) in [6.45, 7) is 1.39. The summed E-state index contributed by atoms with van der Waals surface area (Å²) in [5.74, 6) is 1.49. The number of hydrogen-bond acceptors (Lipinski definition) is 6.